The van der Waals surface area contributed by atoms with Crippen molar-refractivity contribution < 1.29 is 27.0 Å². The fourth-order valence-electron chi connectivity index (χ4n) is 4.92. The minimum absolute atomic E-state index is 0.0265. The lowest BCUT2D eigenvalue weighted by Gasteiger charge is -2.48. The molecule has 5 rings (SSSR count). The summed E-state index contributed by atoms with van der Waals surface area (Å²) in [6, 6.07) is 13.9. The molecule has 3 atom stereocenters. The summed E-state index contributed by atoms with van der Waals surface area (Å²) in [7, 11) is 1.68. The summed E-state index contributed by atoms with van der Waals surface area (Å²) in [6.07, 6.45) is 3.19. The highest BCUT2D eigenvalue weighted by Gasteiger charge is 2.40. The van der Waals surface area contributed by atoms with Crippen molar-refractivity contribution in [1.82, 2.24) is 14.9 Å². The van der Waals surface area contributed by atoms with Gasteiger partial charge in [-0.2, -0.15) is 8.42 Å². The SMILES string of the molecule is COc1ccc(CN2C3COC[C@H]2CC(Oc2ncnc(Nc4ccc(C)cc4F)c2C)C3)cc1.O=S=O. The van der Waals surface area contributed by atoms with Crippen LogP contribution in [0.4, 0.5) is 15.9 Å². The largest absolute Gasteiger partial charge is 0.497 e. The number of nitrogens with one attached hydrogen (secondary N) is 1. The number of morpholine rings is 1. The fourth-order valence-corrected chi connectivity index (χ4v) is 4.92. The summed E-state index contributed by atoms with van der Waals surface area (Å²) < 4.78 is 48.5. The van der Waals surface area contributed by atoms with Crippen molar-refractivity contribution in [3.63, 3.8) is 0 Å². The molecule has 3 aromatic rings. The lowest BCUT2D eigenvalue weighted by Crippen LogP contribution is -2.58. The van der Waals surface area contributed by atoms with E-state index in [0.717, 1.165) is 36.3 Å². The molecular formula is C27H31FN4O5S. The van der Waals surface area contributed by atoms with Crippen molar-refractivity contribution in [2.45, 2.75) is 51.4 Å². The molecule has 0 saturated carbocycles. The molecule has 2 bridgehead atoms. The van der Waals surface area contributed by atoms with Gasteiger partial charge in [-0.05, 0) is 49.2 Å². The van der Waals surface area contributed by atoms with Gasteiger partial charge in [0.25, 0.3) is 0 Å². The summed E-state index contributed by atoms with van der Waals surface area (Å²) in [5.41, 5.74) is 3.26. The molecule has 3 heterocycles. The molecule has 2 fully saturated rings. The van der Waals surface area contributed by atoms with Gasteiger partial charge in [-0.3, -0.25) is 4.90 Å². The quantitative estimate of drug-likeness (QED) is 0.472. The Balaban J connectivity index is 0.00000107. The Hall–Kier alpha value is -3.41. The van der Waals surface area contributed by atoms with E-state index in [-0.39, 0.29) is 24.0 Å². The highest BCUT2D eigenvalue weighted by atomic mass is 32.1. The zero-order valence-electron chi connectivity index (χ0n) is 21.6. The number of aromatic nitrogens is 2. The average molecular weight is 543 g/mol. The van der Waals surface area contributed by atoms with Gasteiger partial charge in [-0.25, -0.2) is 14.4 Å². The Morgan fingerprint density at radius 2 is 1.76 bits per heavy atom. The zero-order valence-corrected chi connectivity index (χ0v) is 22.4. The highest BCUT2D eigenvalue weighted by Crippen LogP contribution is 2.33. The monoisotopic (exact) mass is 542 g/mol. The van der Waals surface area contributed by atoms with Gasteiger partial charge in [-0.1, -0.05) is 18.2 Å². The molecule has 2 aromatic carbocycles. The second kappa shape index (κ2) is 12.9. The number of piperidine rings is 1. The van der Waals surface area contributed by atoms with Crippen LogP contribution >= 0.6 is 0 Å². The third-order valence-electron chi connectivity index (χ3n) is 6.85. The first-order chi connectivity index (χ1) is 18.4. The number of aryl methyl sites for hydroxylation is 1. The lowest BCUT2D eigenvalue weighted by atomic mass is 9.91. The van der Waals surface area contributed by atoms with E-state index in [0.29, 0.717) is 30.6 Å². The lowest BCUT2D eigenvalue weighted by molar-refractivity contribution is -0.104. The first kappa shape index (κ1) is 27.6. The Bertz CT molecular complexity index is 1260. The van der Waals surface area contributed by atoms with Crippen LogP contribution in [0.15, 0.2) is 48.8 Å². The molecule has 38 heavy (non-hydrogen) atoms. The van der Waals surface area contributed by atoms with Crippen molar-refractivity contribution in [3.8, 4) is 11.6 Å². The second-order valence-electron chi connectivity index (χ2n) is 9.41. The normalized spacial score (nSPS) is 20.6. The van der Waals surface area contributed by atoms with E-state index in [1.165, 1.54) is 18.0 Å². The fraction of sp³-hybridized carbons (Fsp3) is 0.407. The number of hydrogen-bond acceptors (Lipinski definition) is 9. The van der Waals surface area contributed by atoms with Crippen LogP contribution in [-0.4, -0.2) is 61.8 Å². The van der Waals surface area contributed by atoms with Crippen LogP contribution in [0.3, 0.4) is 0 Å². The summed E-state index contributed by atoms with van der Waals surface area (Å²) in [4.78, 5) is 11.2. The number of benzene rings is 2. The third-order valence-corrected chi connectivity index (χ3v) is 6.85. The van der Waals surface area contributed by atoms with Crippen molar-refractivity contribution in [3.05, 3.63) is 71.3 Å². The van der Waals surface area contributed by atoms with E-state index in [2.05, 4.69) is 32.3 Å². The Morgan fingerprint density at radius 1 is 1.08 bits per heavy atom. The maximum absolute atomic E-state index is 14.3. The van der Waals surface area contributed by atoms with Gasteiger partial charge >= 0.3 is 11.6 Å². The first-order valence-electron chi connectivity index (χ1n) is 12.3. The molecule has 0 amide bonds. The van der Waals surface area contributed by atoms with Gasteiger partial charge in [0.05, 0.1) is 31.6 Å². The smallest absolute Gasteiger partial charge is 0.335 e. The number of methoxy groups -OCH3 is 1. The van der Waals surface area contributed by atoms with Crippen LogP contribution in [0, 0.1) is 19.7 Å². The molecule has 0 radical (unpaired) electrons. The van der Waals surface area contributed by atoms with Crippen molar-refractivity contribution in [1.29, 1.82) is 0 Å². The van der Waals surface area contributed by atoms with E-state index in [4.69, 9.17) is 22.6 Å². The van der Waals surface area contributed by atoms with Crippen LogP contribution in [0.1, 0.15) is 29.5 Å². The Labute approximate surface area is 224 Å². The molecule has 2 aliphatic rings. The average Bonchev–Trinajstić information content (AvgIpc) is 2.89. The van der Waals surface area contributed by atoms with Crippen LogP contribution in [0.2, 0.25) is 0 Å². The topological polar surface area (TPSA) is 103 Å². The molecular weight excluding hydrogens is 511 g/mol. The van der Waals surface area contributed by atoms with Crippen LogP contribution in [0.5, 0.6) is 11.6 Å². The van der Waals surface area contributed by atoms with Gasteiger partial charge in [0.1, 0.15) is 29.8 Å². The number of anilines is 2. The van der Waals surface area contributed by atoms with Crippen LogP contribution in [0.25, 0.3) is 0 Å². The van der Waals surface area contributed by atoms with E-state index in [9.17, 15) is 4.39 Å². The summed E-state index contributed by atoms with van der Waals surface area (Å²) in [5, 5.41) is 3.08. The zero-order chi connectivity index (χ0) is 27.1. The molecule has 0 spiro atoms. The maximum Gasteiger partial charge on any atom is 0.335 e. The number of fused-ring (bicyclic) bond motifs is 2. The third kappa shape index (κ3) is 6.72. The number of ether oxygens (including phenoxy) is 3. The van der Waals surface area contributed by atoms with E-state index in [1.807, 2.05) is 32.0 Å². The molecule has 0 aliphatic carbocycles. The minimum atomic E-state index is -0.750. The maximum atomic E-state index is 14.3. The second-order valence-corrected chi connectivity index (χ2v) is 9.54. The molecule has 11 heteroatoms. The first-order valence-corrected chi connectivity index (χ1v) is 13.0. The molecule has 1 aromatic heterocycles. The minimum Gasteiger partial charge on any atom is -0.497 e. The highest BCUT2D eigenvalue weighted by molar-refractivity contribution is 7.51. The van der Waals surface area contributed by atoms with Gasteiger partial charge in [0.2, 0.25) is 5.88 Å². The molecule has 2 aliphatic heterocycles. The number of nitrogens with zero attached hydrogens (tertiary/aromatic N) is 3. The Kier molecular flexibility index (Phi) is 9.38. The number of hydrogen-bond donors (Lipinski definition) is 1. The molecule has 9 nitrogen and oxygen atoms in total. The van der Waals surface area contributed by atoms with Gasteiger partial charge in [0.15, 0.2) is 0 Å². The molecule has 202 valence electrons. The van der Waals surface area contributed by atoms with Crippen LogP contribution < -0.4 is 14.8 Å². The molecule has 1 N–H and O–H groups in total. The van der Waals surface area contributed by atoms with Crippen molar-refractivity contribution >= 4 is 23.1 Å². The van der Waals surface area contributed by atoms with Gasteiger partial charge < -0.3 is 19.5 Å². The number of rotatable bonds is 7. The molecule has 2 saturated heterocycles. The standard InChI is InChI=1S/C27H31FN4O3.O2S/c1-17-4-9-25(24(28)10-17)31-26-18(2)27(30-16-29-26)35-23-11-20-14-34-15-21(12-23)32(20)13-19-5-7-22(33-3)8-6-19;1-3-2/h4-10,16,20-21,23H,11-15H2,1-3H3,(H,29,30,31);/t20-,21?,23?;/m1./s1. The van der Waals surface area contributed by atoms with Crippen molar-refractivity contribution in [2.24, 2.45) is 0 Å². The van der Waals surface area contributed by atoms with E-state index >= 15 is 0 Å². The summed E-state index contributed by atoms with van der Waals surface area (Å²) in [5.74, 6) is 1.62. The molecule has 2 unspecified atom stereocenters. The van der Waals surface area contributed by atoms with Gasteiger partial charge in [-0.15, -0.1) is 0 Å². The number of halogens is 1. The van der Waals surface area contributed by atoms with E-state index in [1.54, 1.807) is 13.2 Å². The predicted octanol–water partition coefficient (Wildman–Crippen LogP) is 4.13. The van der Waals surface area contributed by atoms with E-state index < -0.39 is 11.6 Å². The van der Waals surface area contributed by atoms with Crippen LogP contribution in [-0.2, 0) is 22.9 Å². The van der Waals surface area contributed by atoms with Crippen molar-refractivity contribution in [2.75, 3.05) is 25.6 Å². The Morgan fingerprint density at radius 3 is 2.39 bits per heavy atom. The predicted molar refractivity (Wildman–Crippen MR) is 141 cm³/mol. The van der Waals surface area contributed by atoms with Gasteiger partial charge in [0, 0.05) is 31.5 Å². The summed E-state index contributed by atoms with van der Waals surface area (Å²) >= 11 is -0.750. The summed E-state index contributed by atoms with van der Waals surface area (Å²) in [6.45, 7) is 6.01.